The van der Waals surface area contributed by atoms with Gasteiger partial charge in [0.1, 0.15) is 6.04 Å². The number of urea groups is 1. The van der Waals surface area contributed by atoms with Crippen LogP contribution in [0.2, 0.25) is 0 Å². The summed E-state index contributed by atoms with van der Waals surface area (Å²) in [6, 6.07) is -1.78. The zero-order valence-corrected chi connectivity index (χ0v) is 14.3. The number of piperidine rings is 1. The molecule has 2 atom stereocenters. The van der Waals surface area contributed by atoms with Gasteiger partial charge in [0.25, 0.3) is 5.91 Å². The predicted molar refractivity (Wildman–Crippen MR) is 80.6 cm³/mol. The van der Waals surface area contributed by atoms with Gasteiger partial charge in [-0.2, -0.15) is 13.5 Å². The highest BCUT2D eigenvalue weighted by Crippen LogP contribution is 2.30. The van der Waals surface area contributed by atoms with E-state index >= 15 is 0 Å². The first-order chi connectivity index (χ1) is 11.2. The van der Waals surface area contributed by atoms with E-state index in [9.17, 15) is 18.0 Å². The highest BCUT2D eigenvalue weighted by atomic mass is 32.3. The number of hydroxylamine groups is 3. The molecule has 11 nitrogen and oxygen atoms in total. The molecule has 3 N–H and O–H groups in total. The Labute approximate surface area is 140 Å². The maximum Gasteiger partial charge on any atom is 0.418 e. The minimum Gasteiger partial charge on any atom is -0.312 e. The van der Waals surface area contributed by atoms with Crippen molar-refractivity contribution in [1.29, 1.82) is 0 Å². The van der Waals surface area contributed by atoms with E-state index < -0.39 is 34.4 Å². The fourth-order valence-corrected chi connectivity index (χ4v) is 3.08. The van der Waals surface area contributed by atoms with E-state index in [0.717, 1.165) is 0 Å². The number of fused-ring (bicyclic) bond motifs is 2. The number of nitrogens with one attached hydrogen (secondary N) is 2. The van der Waals surface area contributed by atoms with Crippen molar-refractivity contribution in [3.63, 3.8) is 0 Å². The van der Waals surface area contributed by atoms with Crippen LogP contribution in [0.3, 0.4) is 0 Å². The van der Waals surface area contributed by atoms with Crippen molar-refractivity contribution in [2.75, 3.05) is 19.7 Å². The Hall–Kier alpha value is -1.47. The molecule has 2 bridgehead atoms. The maximum atomic E-state index is 12.2. The van der Waals surface area contributed by atoms with Crippen LogP contribution in [-0.4, -0.2) is 72.7 Å². The molecule has 0 aromatic carbocycles. The molecule has 2 heterocycles. The van der Waals surface area contributed by atoms with Gasteiger partial charge in [0.15, 0.2) is 0 Å². The van der Waals surface area contributed by atoms with Crippen LogP contribution in [0.4, 0.5) is 4.79 Å². The average molecular weight is 366 g/mol. The Kier molecular flexibility index (Phi) is 5.98. The lowest BCUT2D eigenvalue weighted by Gasteiger charge is -2.28. The molecular weight excluding hydrogens is 344 g/mol. The molecule has 0 aromatic heterocycles. The lowest BCUT2D eigenvalue weighted by molar-refractivity contribution is -0.138. The van der Waals surface area contributed by atoms with Crippen molar-refractivity contribution in [2.45, 2.75) is 44.8 Å². The Balaban J connectivity index is 1.85. The van der Waals surface area contributed by atoms with Crippen LogP contribution in [0.25, 0.3) is 0 Å². The van der Waals surface area contributed by atoms with Gasteiger partial charge in [-0.05, 0) is 12.8 Å². The van der Waals surface area contributed by atoms with Crippen LogP contribution in [0, 0.1) is 0 Å². The Bertz CT molecular complexity index is 582. The van der Waals surface area contributed by atoms with E-state index in [1.54, 1.807) is 0 Å². The standard InChI is InChI=1S/C12H22N4O7S/c1-8(2)13-5-6-22-14-11(17)10-4-3-9-7-15(10)12(18)16(9)23-24(19,20)21/h8-10,13H,3-7H2,1-2H3,(H,14,17)(H,19,20,21)/t9-,10?/m1/s1. The Morgan fingerprint density at radius 1 is 1.42 bits per heavy atom. The van der Waals surface area contributed by atoms with Crippen molar-refractivity contribution in [3.8, 4) is 0 Å². The Morgan fingerprint density at radius 3 is 2.75 bits per heavy atom. The summed E-state index contributed by atoms with van der Waals surface area (Å²) < 4.78 is 34.6. The van der Waals surface area contributed by atoms with Crippen LogP contribution >= 0.6 is 0 Å². The first kappa shape index (κ1) is 18.9. The van der Waals surface area contributed by atoms with Crippen molar-refractivity contribution < 1.29 is 31.7 Å². The minimum atomic E-state index is -4.80. The van der Waals surface area contributed by atoms with E-state index in [-0.39, 0.29) is 13.2 Å². The summed E-state index contributed by atoms with van der Waals surface area (Å²) in [6.45, 7) is 4.93. The third-order valence-corrected chi connectivity index (χ3v) is 4.08. The molecule has 2 saturated heterocycles. The van der Waals surface area contributed by atoms with Gasteiger partial charge in [-0.3, -0.25) is 14.2 Å². The number of hydrogen-bond donors (Lipinski definition) is 3. The second-order valence-electron chi connectivity index (χ2n) is 5.93. The van der Waals surface area contributed by atoms with E-state index in [1.807, 2.05) is 13.8 Å². The highest BCUT2D eigenvalue weighted by molar-refractivity contribution is 7.80. The molecule has 138 valence electrons. The number of hydrogen-bond acceptors (Lipinski definition) is 7. The van der Waals surface area contributed by atoms with Gasteiger partial charge in [-0.15, -0.1) is 4.28 Å². The number of nitrogens with zero attached hydrogens (tertiary/aromatic N) is 2. The van der Waals surface area contributed by atoms with Gasteiger partial charge >= 0.3 is 16.4 Å². The largest absolute Gasteiger partial charge is 0.418 e. The monoisotopic (exact) mass is 366 g/mol. The fraction of sp³-hybridized carbons (Fsp3) is 0.833. The zero-order valence-electron chi connectivity index (χ0n) is 13.5. The molecule has 0 saturated carbocycles. The van der Waals surface area contributed by atoms with Gasteiger partial charge in [0, 0.05) is 19.1 Å². The van der Waals surface area contributed by atoms with Crippen LogP contribution in [0.15, 0.2) is 0 Å². The number of rotatable bonds is 8. The van der Waals surface area contributed by atoms with Crippen molar-refractivity contribution in [3.05, 3.63) is 0 Å². The molecule has 3 amide bonds. The summed E-state index contributed by atoms with van der Waals surface area (Å²) in [7, 11) is -4.80. The first-order valence-electron chi connectivity index (χ1n) is 7.61. The third-order valence-electron chi connectivity index (χ3n) is 3.73. The molecule has 0 radical (unpaired) electrons. The predicted octanol–water partition coefficient (Wildman–Crippen LogP) is -0.965. The zero-order chi connectivity index (χ0) is 17.9. The summed E-state index contributed by atoms with van der Waals surface area (Å²) >= 11 is 0. The fourth-order valence-electron chi connectivity index (χ4n) is 2.69. The second kappa shape index (κ2) is 7.61. The van der Waals surface area contributed by atoms with E-state index in [4.69, 9.17) is 9.39 Å². The first-order valence-corrected chi connectivity index (χ1v) is 8.97. The lowest BCUT2D eigenvalue weighted by Crippen LogP contribution is -2.50. The summed E-state index contributed by atoms with van der Waals surface area (Å²) in [5.41, 5.74) is 2.29. The van der Waals surface area contributed by atoms with Crippen LogP contribution < -0.4 is 10.8 Å². The summed E-state index contributed by atoms with van der Waals surface area (Å²) in [6.07, 6.45) is 0.700. The topological polar surface area (TPSA) is 138 Å². The van der Waals surface area contributed by atoms with Gasteiger partial charge in [0.05, 0.1) is 12.6 Å². The quantitative estimate of drug-likeness (QED) is 0.284. The molecule has 2 aliphatic rings. The molecule has 2 rings (SSSR count). The second-order valence-corrected chi connectivity index (χ2v) is 6.94. The average Bonchev–Trinajstić information content (AvgIpc) is 2.70. The minimum absolute atomic E-state index is 0.140. The molecule has 24 heavy (non-hydrogen) atoms. The highest BCUT2D eigenvalue weighted by Gasteiger charge is 2.49. The molecule has 1 unspecified atom stereocenters. The van der Waals surface area contributed by atoms with Gasteiger partial charge in [-0.25, -0.2) is 10.3 Å². The number of carbonyl (C=O) groups is 2. The van der Waals surface area contributed by atoms with Crippen molar-refractivity contribution in [1.82, 2.24) is 20.8 Å². The third kappa shape index (κ3) is 4.77. The van der Waals surface area contributed by atoms with Crippen molar-refractivity contribution >= 4 is 22.3 Å². The lowest BCUT2D eigenvalue weighted by atomic mass is 10.0. The molecule has 2 aliphatic heterocycles. The molecule has 0 aliphatic carbocycles. The summed E-state index contributed by atoms with van der Waals surface area (Å²) in [4.78, 5) is 30.6. The summed E-state index contributed by atoms with van der Waals surface area (Å²) in [5.74, 6) is -0.486. The van der Waals surface area contributed by atoms with E-state index in [1.165, 1.54) is 4.90 Å². The number of carbonyl (C=O) groups excluding carboxylic acids is 2. The summed E-state index contributed by atoms with van der Waals surface area (Å²) in [5, 5.41) is 3.71. The maximum absolute atomic E-state index is 12.2. The van der Waals surface area contributed by atoms with Crippen molar-refractivity contribution in [2.24, 2.45) is 0 Å². The van der Waals surface area contributed by atoms with Crippen LogP contribution in [0.5, 0.6) is 0 Å². The van der Waals surface area contributed by atoms with E-state index in [2.05, 4.69) is 15.1 Å². The van der Waals surface area contributed by atoms with Gasteiger partial charge < -0.3 is 10.2 Å². The van der Waals surface area contributed by atoms with Gasteiger partial charge in [-0.1, -0.05) is 13.8 Å². The van der Waals surface area contributed by atoms with Gasteiger partial charge in [0.2, 0.25) is 0 Å². The van der Waals surface area contributed by atoms with Crippen LogP contribution in [-0.2, 0) is 24.3 Å². The molecule has 12 heteroatoms. The SMILES string of the molecule is CC(C)NCCONC(=O)C1CC[C@@H]2CN1C(=O)N2OS(=O)(=O)O. The molecular formula is C12H22N4O7S. The molecule has 0 spiro atoms. The van der Waals surface area contributed by atoms with E-state index in [0.29, 0.717) is 30.5 Å². The normalized spacial score (nSPS) is 23.9. The van der Waals surface area contributed by atoms with Crippen LogP contribution in [0.1, 0.15) is 26.7 Å². The number of amides is 3. The molecule has 2 fully saturated rings. The smallest absolute Gasteiger partial charge is 0.312 e. The Morgan fingerprint density at radius 2 is 2.12 bits per heavy atom. The molecule has 0 aromatic rings.